The van der Waals surface area contributed by atoms with E-state index in [0.717, 1.165) is 31.6 Å². The molecule has 0 saturated heterocycles. The van der Waals surface area contributed by atoms with Crippen LogP contribution in [0.2, 0.25) is 0 Å². The molecule has 0 heterocycles. The molecule has 1 aliphatic carbocycles. The van der Waals surface area contributed by atoms with Crippen LogP contribution in [0.15, 0.2) is 24.3 Å². The quantitative estimate of drug-likeness (QED) is 0.892. The number of hydrogen-bond acceptors (Lipinski definition) is 3. The first-order valence-electron chi connectivity index (χ1n) is 6.61. The molecule has 0 unspecified atom stereocenters. The molecule has 0 atom stereocenters. The number of aliphatic hydroxyl groups is 1. The SMILES string of the molecule is COc1ccccc1OCC1(O)CCC(C)CC1. The molecule has 0 bridgehead atoms. The van der Waals surface area contributed by atoms with Gasteiger partial charge >= 0.3 is 0 Å². The molecule has 0 spiro atoms. The lowest BCUT2D eigenvalue weighted by molar-refractivity contribution is -0.0429. The molecule has 18 heavy (non-hydrogen) atoms. The fraction of sp³-hybridized carbons (Fsp3) is 0.600. The van der Waals surface area contributed by atoms with Crippen LogP contribution in [0, 0.1) is 5.92 Å². The van der Waals surface area contributed by atoms with Crippen molar-refractivity contribution in [2.45, 2.75) is 38.2 Å². The van der Waals surface area contributed by atoms with E-state index in [0.29, 0.717) is 18.1 Å². The van der Waals surface area contributed by atoms with Crippen molar-refractivity contribution < 1.29 is 14.6 Å². The summed E-state index contributed by atoms with van der Waals surface area (Å²) in [4.78, 5) is 0. The summed E-state index contributed by atoms with van der Waals surface area (Å²) in [7, 11) is 1.62. The van der Waals surface area contributed by atoms with Crippen molar-refractivity contribution in [2.24, 2.45) is 5.92 Å². The Hall–Kier alpha value is -1.22. The first-order valence-corrected chi connectivity index (χ1v) is 6.61. The highest BCUT2D eigenvalue weighted by Crippen LogP contribution is 2.33. The largest absolute Gasteiger partial charge is 0.493 e. The first-order chi connectivity index (χ1) is 8.63. The van der Waals surface area contributed by atoms with Crippen molar-refractivity contribution in [3.05, 3.63) is 24.3 Å². The zero-order chi connectivity index (χ0) is 13.0. The fourth-order valence-electron chi connectivity index (χ4n) is 2.39. The number of rotatable bonds is 4. The molecule has 1 N–H and O–H groups in total. The highest BCUT2D eigenvalue weighted by atomic mass is 16.5. The van der Waals surface area contributed by atoms with Gasteiger partial charge in [-0.25, -0.2) is 0 Å². The number of ether oxygens (including phenoxy) is 2. The Morgan fingerprint density at radius 1 is 1.22 bits per heavy atom. The Balaban J connectivity index is 1.94. The predicted octanol–water partition coefficient (Wildman–Crippen LogP) is 3.02. The Morgan fingerprint density at radius 2 is 1.83 bits per heavy atom. The molecule has 2 rings (SSSR count). The third kappa shape index (κ3) is 3.16. The van der Waals surface area contributed by atoms with E-state index in [1.54, 1.807) is 7.11 Å². The van der Waals surface area contributed by atoms with E-state index in [4.69, 9.17) is 9.47 Å². The van der Waals surface area contributed by atoms with E-state index in [2.05, 4.69) is 6.92 Å². The van der Waals surface area contributed by atoms with Crippen LogP contribution in [0.3, 0.4) is 0 Å². The van der Waals surface area contributed by atoms with Crippen molar-refractivity contribution in [3.8, 4) is 11.5 Å². The van der Waals surface area contributed by atoms with Crippen LogP contribution in [-0.2, 0) is 0 Å². The third-order valence-electron chi connectivity index (χ3n) is 3.77. The van der Waals surface area contributed by atoms with Crippen LogP contribution in [-0.4, -0.2) is 24.4 Å². The van der Waals surface area contributed by atoms with Gasteiger partial charge in [-0.15, -0.1) is 0 Å². The van der Waals surface area contributed by atoms with Crippen molar-refractivity contribution in [1.29, 1.82) is 0 Å². The maximum Gasteiger partial charge on any atom is 0.161 e. The summed E-state index contributed by atoms with van der Waals surface area (Å²) in [5.41, 5.74) is -0.673. The van der Waals surface area contributed by atoms with Gasteiger partial charge in [0.05, 0.1) is 12.7 Å². The Labute approximate surface area is 109 Å². The average molecular weight is 250 g/mol. The lowest BCUT2D eigenvalue weighted by atomic mass is 9.80. The van der Waals surface area contributed by atoms with Crippen LogP contribution in [0.1, 0.15) is 32.6 Å². The molecule has 3 heteroatoms. The molecule has 1 saturated carbocycles. The van der Waals surface area contributed by atoms with Crippen LogP contribution in [0.4, 0.5) is 0 Å². The van der Waals surface area contributed by atoms with Gasteiger partial charge in [0.1, 0.15) is 6.61 Å². The molecule has 0 amide bonds. The van der Waals surface area contributed by atoms with Crippen LogP contribution in [0.25, 0.3) is 0 Å². The van der Waals surface area contributed by atoms with E-state index >= 15 is 0 Å². The molecule has 0 aromatic heterocycles. The highest BCUT2D eigenvalue weighted by molar-refractivity contribution is 5.39. The summed E-state index contributed by atoms with van der Waals surface area (Å²) < 4.78 is 11.0. The zero-order valence-corrected chi connectivity index (χ0v) is 11.2. The lowest BCUT2D eigenvalue weighted by Crippen LogP contribution is -2.39. The normalized spacial score (nSPS) is 27.8. The van der Waals surface area contributed by atoms with Gasteiger partial charge in [-0.2, -0.15) is 0 Å². The maximum atomic E-state index is 10.4. The maximum absolute atomic E-state index is 10.4. The topological polar surface area (TPSA) is 38.7 Å². The third-order valence-corrected chi connectivity index (χ3v) is 3.77. The Bertz CT molecular complexity index is 381. The molecule has 1 aromatic rings. The molecular formula is C15H22O3. The number of para-hydroxylation sites is 2. The summed E-state index contributed by atoms with van der Waals surface area (Å²) in [5.74, 6) is 2.13. The number of benzene rings is 1. The van der Waals surface area contributed by atoms with E-state index in [-0.39, 0.29) is 0 Å². The molecule has 100 valence electrons. The first kappa shape index (κ1) is 13.2. The van der Waals surface area contributed by atoms with Crippen molar-refractivity contribution in [3.63, 3.8) is 0 Å². The minimum atomic E-state index is -0.673. The molecule has 1 aromatic carbocycles. The van der Waals surface area contributed by atoms with E-state index < -0.39 is 5.60 Å². The average Bonchev–Trinajstić information content (AvgIpc) is 2.41. The summed E-state index contributed by atoms with van der Waals surface area (Å²) in [6, 6.07) is 7.55. The monoisotopic (exact) mass is 250 g/mol. The second-order valence-corrected chi connectivity index (χ2v) is 5.35. The summed E-state index contributed by atoms with van der Waals surface area (Å²) in [6.07, 6.45) is 3.80. The van der Waals surface area contributed by atoms with Crippen LogP contribution in [0.5, 0.6) is 11.5 Å². The minimum Gasteiger partial charge on any atom is -0.493 e. The van der Waals surface area contributed by atoms with Gasteiger partial charge in [-0.05, 0) is 43.7 Å². The Kier molecular flexibility index (Phi) is 4.12. The second-order valence-electron chi connectivity index (χ2n) is 5.35. The standard InChI is InChI=1S/C15H22O3/c1-12-7-9-15(16,10-8-12)11-18-14-6-4-3-5-13(14)17-2/h3-6,12,16H,7-11H2,1-2H3. The molecule has 0 aliphatic heterocycles. The van der Waals surface area contributed by atoms with Crippen LogP contribution >= 0.6 is 0 Å². The van der Waals surface area contributed by atoms with Crippen molar-refractivity contribution in [1.82, 2.24) is 0 Å². The smallest absolute Gasteiger partial charge is 0.161 e. The van der Waals surface area contributed by atoms with E-state index in [9.17, 15) is 5.11 Å². The Morgan fingerprint density at radius 3 is 2.44 bits per heavy atom. The van der Waals surface area contributed by atoms with Gasteiger partial charge in [0.15, 0.2) is 11.5 Å². The summed E-state index contributed by atoms with van der Waals surface area (Å²) >= 11 is 0. The minimum absolute atomic E-state index is 0.347. The predicted molar refractivity (Wildman–Crippen MR) is 71.1 cm³/mol. The van der Waals surface area contributed by atoms with Crippen molar-refractivity contribution in [2.75, 3.05) is 13.7 Å². The van der Waals surface area contributed by atoms with Gasteiger partial charge in [0.2, 0.25) is 0 Å². The van der Waals surface area contributed by atoms with Crippen LogP contribution < -0.4 is 9.47 Å². The van der Waals surface area contributed by atoms with Crippen molar-refractivity contribution >= 4 is 0 Å². The van der Waals surface area contributed by atoms with Gasteiger partial charge in [0.25, 0.3) is 0 Å². The molecule has 1 fully saturated rings. The number of hydrogen-bond donors (Lipinski definition) is 1. The van der Waals surface area contributed by atoms with Gasteiger partial charge < -0.3 is 14.6 Å². The lowest BCUT2D eigenvalue weighted by Gasteiger charge is -2.34. The molecular weight excluding hydrogens is 228 g/mol. The molecule has 3 nitrogen and oxygen atoms in total. The van der Waals surface area contributed by atoms with Gasteiger partial charge in [0, 0.05) is 0 Å². The second kappa shape index (κ2) is 5.61. The fourth-order valence-corrected chi connectivity index (χ4v) is 2.39. The van der Waals surface area contributed by atoms with E-state index in [1.807, 2.05) is 24.3 Å². The zero-order valence-electron chi connectivity index (χ0n) is 11.2. The van der Waals surface area contributed by atoms with E-state index in [1.165, 1.54) is 0 Å². The highest BCUT2D eigenvalue weighted by Gasteiger charge is 2.32. The summed E-state index contributed by atoms with van der Waals surface area (Å²) in [5, 5.41) is 10.4. The molecule has 1 aliphatic rings. The summed E-state index contributed by atoms with van der Waals surface area (Å²) in [6.45, 7) is 2.58. The van der Waals surface area contributed by atoms with Gasteiger partial charge in [-0.1, -0.05) is 19.1 Å². The number of methoxy groups -OCH3 is 1. The van der Waals surface area contributed by atoms with Gasteiger partial charge in [-0.3, -0.25) is 0 Å². The molecule has 0 radical (unpaired) electrons.